The van der Waals surface area contributed by atoms with Crippen LogP contribution >= 0.6 is 0 Å². The van der Waals surface area contributed by atoms with Crippen molar-refractivity contribution in [3.05, 3.63) is 12.2 Å². The molecule has 0 saturated heterocycles. The number of rotatable bonds is 5. The fraction of sp³-hybridized carbons (Fsp3) is 0.889. The summed E-state index contributed by atoms with van der Waals surface area (Å²) in [7, 11) is 0. The SMILES string of the molecule is CC(C)CCC[C@@H](C)C1CCC2C3C=C[C@H]4CC(=O)CCC4(C)C3CCC21C. The number of hydrogen-bond acceptors (Lipinski definition) is 1. The van der Waals surface area contributed by atoms with E-state index in [1.807, 2.05) is 0 Å². The van der Waals surface area contributed by atoms with E-state index in [0.29, 0.717) is 22.5 Å². The molecule has 158 valence electrons. The second-order valence-corrected chi connectivity index (χ2v) is 12.1. The van der Waals surface area contributed by atoms with E-state index in [4.69, 9.17) is 0 Å². The Morgan fingerprint density at radius 1 is 0.964 bits per heavy atom. The molecule has 3 saturated carbocycles. The number of Topliss-reactive ketones (excluding diaryl/α,β-unsaturated/α-hetero) is 1. The highest BCUT2D eigenvalue weighted by atomic mass is 16.1. The second-order valence-electron chi connectivity index (χ2n) is 12.1. The van der Waals surface area contributed by atoms with Gasteiger partial charge in [-0.15, -0.1) is 0 Å². The smallest absolute Gasteiger partial charge is 0.133 e. The van der Waals surface area contributed by atoms with E-state index < -0.39 is 0 Å². The van der Waals surface area contributed by atoms with Gasteiger partial charge in [-0.2, -0.15) is 0 Å². The third-order valence-electron chi connectivity index (χ3n) is 10.2. The molecule has 0 spiro atoms. The van der Waals surface area contributed by atoms with Gasteiger partial charge in [0.05, 0.1) is 0 Å². The van der Waals surface area contributed by atoms with Crippen LogP contribution in [0.5, 0.6) is 0 Å². The van der Waals surface area contributed by atoms with Crippen LogP contribution in [0, 0.1) is 52.3 Å². The predicted molar refractivity (Wildman–Crippen MR) is 118 cm³/mol. The first-order valence-electron chi connectivity index (χ1n) is 12.5. The molecule has 0 aromatic carbocycles. The lowest BCUT2D eigenvalue weighted by Gasteiger charge is -2.58. The monoisotopic (exact) mass is 384 g/mol. The third kappa shape index (κ3) is 3.33. The Morgan fingerprint density at radius 2 is 1.71 bits per heavy atom. The molecule has 0 aliphatic heterocycles. The molecule has 0 heterocycles. The minimum atomic E-state index is 0.385. The Bertz CT molecular complexity index is 618. The fourth-order valence-corrected chi connectivity index (χ4v) is 8.44. The summed E-state index contributed by atoms with van der Waals surface area (Å²) in [6.07, 6.45) is 17.8. The topological polar surface area (TPSA) is 17.1 Å². The Hall–Kier alpha value is -0.590. The molecule has 4 aliphatic carbocycles. The van der Waals surface area contributed by atoms with Crippen LogP contribution in [-0.2, 0) is 4.79 Å². The van der Waals surface area contributed by atoms with Gasteiger partial charge in [-0.3, -0.25) is 4.79 Å². The van der Waals surface area contributed by atoms with Gasteiger partial charge < -0.3 is 0 Å². The number of fused-ring (bicyclic) bond motifs is 5. The van der Waals surface area contributed by atoms with E-state index in [1.54, 1.807) is 0 Å². The molecule has 1 heteroatoms. The van der Waals surface area contributed by atoms with E-state index in [0.717, 1.165) is 54.8 Å². The second kappa shape index (κ2) is 7.59. The summed E-state index contributed by atoms with van der Waals surface area (Å²) in [5, 5.41) is 0. The van der Waals surface area contributed by atoms with Gasteiger partial charge >= 0.3 is 0 Å². The lowest BCUT2D eigenvalue weighted by atomic mass is 9.46. The van der Waals surface area contributed by atoms with Crippen molar-refractivity contribution in [3.8, 4) is 0 Å². The van der Waals surface area contributed by atoms with Gasteiger partial charge in [0.2, 0.25) is 0 Å². The lowest BCUT2D eigenvalue weighted by molar-refractivity contribution is -0.128. The highest BCUT2D eigenvalue weighted by Crippen LogP contribution is 2.66. The van der Waals surface area contributed by atoms with Crippen LogP contribution in [0.1, 0.15) is 98.8 Å². The van der Waals surface area contributed by atoms with Gasteiger partial charge in [-0.25, -0.2) is 0 Å². The molecule has 0 N–H and O–H groups in total. The van der Waals surface area contributed by atoms with E-state index in [-0.39, 0.29) is 0 Å². The first-order valence-corrected chi connectivity index (χ1v) is 12.5. The minimum Gasteiger partial charge on any atom is -0.300 e. The van der Waals surface area contributed by atoms with Crippen LogP contribution in [0.4, 0.5) is 0 Å². The summed E-state index contributed by atoms with van der Waals surface area (Å²) in [5.74, 6) is 6.16. The quantitative estimate of drug-likeness (QED) is 0.450. The molecular weight excluding hydrogens is 340 g/mol. The highest BCUT2D eigenvalue weighted by Gasteiger charge is 2.59. The molecular formula is C27H44O. The van der Waals surface area contributed by atoms with Crippen LogP contribution in [-0.4, -0.2) is 5.78 Å². The van der Waals surface area contributed by atoms with Crippen molar-refractivity contribution in [3.63, 3.8) is 0 Å². The maximum absolute atomic E-state index is 12.1. The van der Waals surface area contributed by atoms with Gasteiger partial charge in [0.25, 0.3) is 0 Å². The lowest BCUT2D eigenvalue weighted by Crippen LogP contribution is -2.52. The number of hydrogen-bond donors (Lipinski definition) is 0. The van der Waals surface area contributed by atoms with Gasteiger partial charge in [-0.1, -0.05) is 66.0 Å². The van der Waals surface area contributed by atoms with Crippen LogP contribution in [0.2, 0.25) is 0 Å². The van der Waals surface area contributed by atoms with Crippen molar-refractivity contribution in [1.29, 1.82) is 0 Å². The van der Waals surface area contributed by atoms with Gasteiger partial charge in [0.15, 0.2) is 0 Å². The zero-order valence-corrected chi connectivity index (χ0v) is 19.2. The molecule has 28 heavy (non-hydrogen) atoms. The summed E-state index contributed by atoms with van der Waals surface area (Å²) in [4.78, 5) is 12.1. The van der Waals surface area contributed by atoms with E-state index in [1.165, 1.54) is 44.9 Å². The molecule has 4 aliphatic rings. The number of carbonyl (C=O) groups excluding carboxylic acids is 1. The molecule has 3 fully saturated rings. The average molecular weight is 385 g/mol. The minimum absolute atomic E-state index is 0.385. The molecule has 4 rings (SSSR count). The summed E-state index contributed by atoms with van der Waals surface area (Å²) >= 11 is 0. The van der Waals surface area contributed by atoms with Crippen molar-refractivity contribution in [2.75, 3.05) is 0 Å². The summed E-state index contributed by atoms with van der Waals surface area (Å²) < 4.78 is 0. The molecule has 0 aromatic rings. The Labute approximate surface area is 174 Å². The standard InChI is InChI=1S/C27H44O/c1-18(2)7-6-8-19(3)23-11-12-24-22-10-9-20-17-21(28)13-15-26(20,4)25(22)14-16-27(23,24)5/h9-10,18-20,22-25H,6-8,11-17H2,1-5H3/t19-,20+,22?,23?,24?,25?,26?,27?/m1/s1. The zero-order valence-electron chi connectivity index (χ0n) is 19.2. The summed E-state index contributed by atoms with van der Waals surface area (Å²) in [5.41, 5.74) is 0.937. The van der Waals surface area contributed by atoms with E-state index in [9.17, 15) is 4.79 Å². The maximum atomic E-state index is 12.1. The fourth-order valence-electron chi connectivity index (χ4n) is 8.44. The summed E-state index contributed by atoms with van der Waals surface area (Å²) in [6.45, 7) is 12.5. The Morgan fingerprint density at radius 3 is 2.46 bits per heavy atom. The zero-order chi connectivity index (χ0) is 20.1. The Balaban J connectivity index is 1.50. The van der Waals surface area contributed by atoms with Crippen molar-refractivity contribution >= 4 is 5.78 Å². The van der Waals surface area contributed by atoms with E-state index >= 15 is 0 Å². The first kappa shape index (κ1) is 20.7. The molecule has 0 amide bonds. The largest absolute Gasteiger partial charge is 0.300 e. The number of allylic oxidation sites excluding steroid dienone is 2. The van der Waals surface area contributed by atoms with Gasteiger partial charge in [0, 0.05) is 12.8 Å². The molecule has 0 aromatic heterocycles. The van der Waals surface area contributed by atoms with Crippen molar-refractivity contribution < 1.29 is 4.79 Å². The van der Waals surface area contributed by atoms with Crippen molar-refractivity contribution in [1.82, 2.24) is 0 Å². The van der Waals surface area contributed by atoms with Crippen LogP contribution < -0.4 is 0 Å². The molecule has 1 nitrogen and oxygen atoms in total. The normalized spacial score (nSPS) is 46.2. The average Bonchev–Trinajstić information content (AvgIpc) is 2.99. The maximum Gasteiger partial charge on any atom is 0.133 e. The molecule has 0 radical (unpaired) electrons. The number of ketones is 1. The van der Waals surface area contributed by atoms with Crippen LogP contribution in [0.25, 0.3) is 0 Å². The van der Waals surface area contributed by atoms with Crippen LogP contribution in [0.3, 0.4) is 0 Å². The van der Waals surface area contributed by atoms with Crippen molar-refractivity contribution in [2.24, 2.45) is 52.3 Å². The first-order chi connectivity index (χ1) is 13.3. The predicted octanol–water partition coefficient (Wildman–Crippen LogP) is 7.45. The molecule has 8 atom stereocenters. The number of carbonyl (C=O) groups is 1. The Kier molecular flexibility index (Phi) is 5.60. The summed E-state index contributed by atoms with van der Waals surface area (Å²) in [6, 6.07) is 0. The van der Waals surface area contributed by atoms with Gasteiger partial charge in [-0.05, 0) is 84.4 Å². The third-order valence-corrected chi connectivity index (χ3v) is 10.2. The molecule has 6 unspecified atom stereocenters. The highest BCUT2D eigenvalue weighted by molar-refractivity contribution is 5.80. The van der Waals surface area contributed by atoms with E-state index in [2.05, 4.69) is 46.8 Å². The van der Waals surface area contributed by atoms with Crippen LogP contribution in [0.15, 0.2) is 12.2 Å². The molecule has 0 bridgehead atoms. The van der Waals surface area contributed by atoms with Crippen molar-refractivity contribution in [2.45, 2.75) is 98.8 Å². The van der Waals surface area contributed by atoms with Gasteiger partial charge in [0.1, 0.15) is 5.78 Å².